The van der Waals surface area contributed by atoms with Gasteiger partial charge in [0, 0.05) is 3.57 Å². The molecule has 1 N–H and O–H groups in total. The lowest BCUT2D eigenvalue weighted by atomic mass is 10.0. The van der Waals surface area contributed by atoms with Gasteiger partial charge in [0.1, 0.15) is 11.9 Å². The summed E-state index contributed by atoms with van der Waals surface area (Å²) in [5.41, 5.74) is -0.00321. The maximum atomic E-state index is 13.0. The molecule has 0 spiro atoms. The van der Waals surface area contributed by atoms with Gasteiger partial charge in [0.15, 0.2) is 0 Å². The maximum Gasteiger partial charge on any atom is 0.416 e. The molecule has 0 saturated carbocycles. The number of halogens is 5. The molecule has 106 valence electrons. The van der Waals surface area contributed by atoms with Crippen LogP contribution < -0.4 is 0 Å². The van der Waals surface area contributed by atoms with E-state index in [0.717, 1.165) is 12.1 Å². The molecule has 2 rings (SSSR count). The maximum absolute atomic E-state index is 13.0. The third-order valence-electron chi connectivity index (χ3n) is 2.81. The van der Waals surface area contributed by atoms with Gasteiger partial charge in [-0.2, -0.15) is 13.2 Å². The highest BCUT2D eigenvalue weighted by molar-refractivity contribution is 14.1. The topological polar surface area (TPSA) is 20.2 Å². The Kier molecular flexibility index (Phi) is 4.33. The van der Waals surface area contributed by atoms with E-state index in [-0.39, 0.29) is 0 Å². The van der Waals surface area contributed by atoms with E-state index < -0.39 is 23.7 Å². The van der Waals surface area contributed by atoms with E-state index in [0.29, 0.717) is 14.7 Å². The van der Waals surface area contributed by atoms with E-state index in [2.05, 4.69) is 0 Å². The number of rotatable bonds is 2. The van der Waals surface area contributed by atoms with Gasteiger partial charge < -0.3 is 5.11 Å². The molecule has 20 heavy (non-hydrogen) atoms. The van der Waals surface area contributed by atoms with E-state index in [1.807, 2.05) is 22.6 Å². The van der Waals surface area contributed by atoms with Crippen LogP contribution in [0, 0.1) is 9.39 Å². The van der Waals surface area contributed by atoms with Crippen LogP contribution in [0.25, 0.3) is 0 Å². The van der Waals surface area contributed by atoms with Gasteiger partial charge >= 0.3 is 6.18 Å². The van der Waals surface area contributed by atoms with E-state index in [9.17, 15) is 22.7 Å². The third kappa shape index (κ3) is 3.29. The number of alkyl halides is 3. The minimum Gasteiger partial charge on any atom is -0.384 e. The van der Waals surface area contributed by atoms with Crippen LogP contribution in [0.1, 0.15) is 22.8 Å². The van der Waals surface area contributed by atoms with Gasteiger partial charge in [0.2, 0.25) is 0 Å². The Bertz CT molecular complexity index is 608. The Hall–Kier alpha value is -1.15. The van der Waals surface area contributed by atoms with Crippen LogP contribution in [0.5, 0.6) is 0 Å². The summed E-state index contributed by atoms with van der Waals surface area (Å²) in [7, 11) is 0. The van der Waals surface area contributed by atoms with E-state index in [1.165, 1.54) is 30.3 Å². The molecule has 1 nitrogen and oxygen atoms in total. The molecule has 0 amide bonds. The van der Waals surface area contributed by atoms with Crippen molar-refractivity contribution >= 4 is 22.6 Å². The van der Waals surface area contributed by atoms with Crippen molar-refractivity contribution in [3.63, 3.8) is 0 Å². The Labute approximate surface area is 126 Å². The van der Waals surface area contributed by atoms with Crippen molar-refractivity contribution in [2.24, 2.45) is 0 Å². The molecular weight excluding hydrogens is 387 g/mol. The first-order valence-electron chi connectivity index (χ1n) is 5.59. The first-order valence-corrected chi connectivity index (χ1v) is 6.67. The van der Waals surface area contributed by atoms with Gasteiger partial charge in [-0.25, -0.2) is 4.39 Å². The van der Waals surface area contributed by atoms with Crippen LogP contribution >= 0.6 is 22.6 Å². The van der Waals surface area contributed by atoms with Gasteiger partial charge in [-0.1, -0.05) is 18.2 Å². The van der Waals surface area contributed by atoms with E-state index >= 15 is 0 Å². The quantitative estimate of drug-likeness (QED) is 0.585. The lowest BCUT2D eigenvalue weighted by Crippen LogP contribution is -2.06. The zero-order valence-corrected chi connectivity index (χ0v) is 12.1. The standard InChI is InChI=1S/C14H9F4IO/c15-10-5-6-11(12(19)7-10)13(20)8-1-3-9(4-2-8)14(16,17)18/h1-7,13,20H. The highest BCUT2D eigenvalue weighted by Crippen LogP contribution is 2.32. The van der Waals surface area contributed by atoms with Crippen molar-refractivity contribution in [3.05, 3.63) is 68.5 Å². The summed E-state index contributed by atoms with van der Waals surface area (Å²) < 4.78 is 50.8. The second-order valence-electron chi connectivity index (χ2n) is 4.19. The SMILES string of the molecule is OC(c1ccc(C(F)(F)F)cc1)c1ccc(F)cc1I. The fourth-order valence-corrected chi connectivity index (χ4v) is 2.53. The highest BCUT2D eigenvalue weighted by Gasteiger charge is 2.30. The van der Waals surface area contributed by atoms with Gasteiger partial charge in [0.05, 0.1) is 5.56 Å². The molecule has 0 fully saturated rings. The van der Waals surface area contributed by atoms with Crippen LogP contribution in [0.15, 0.2) is 42.5 Å². The van der Waals surface area contributed by atoms with Crippen LogP contribution in [0.4, 0.5) is 17.6 Å². The van der Waals surface area contributed by atoms with Crippen LogP contribution in [0.2, 0.25) is 0 Å². The number of aliphatic hydroxyl groups is 1. The summed E-state index contributed by atoms with van der Waals surface area (Å²) in [6, 6.07) is 8.12. The smallest absolute Gasteiger partial charge is 0.384 e. The number of hydrogen-bond acceptors (Lipinski definition) is 1. The molecular formula is C14H9F4IO. The summed E-state index contributed by atoms with van der Waals surface area (Å²) >= 11 is 1.87. The molecule has 2 aromatic carbocycles. The Balaban J connectivity index is 2.31. The Morgan fingerprint density at radius 3 is 2.10 bits per heavy atom. The second-order valence-corrected chi connectivity index (χ2v) is 5.35. The summed E-state index contributed by atoms with van der Waals surface area (Å²) in [4.78, 5) is 0. The van der Waals surface area contributed by atoms with Crippen LogP contribution in [-0.4, -0.2) is 5.11 Å². The lowest BCUT2D eigenvalue weighted by Gasteiger charge is -2.14. The number of hydrogen-bond donors (Lipinski definition) is 1. The molecule has 0 radical (unpaired) electrons. The molecule has 0 aromatic heterocycles. The molecule has 0 saturated heterocycles. The van der Waals surface area contributed by atoms with Gasteiger partial charge in [0.25, 0.3) is 0 Å². The molecule has 0 aliphatic carbocycles. The van der Waals surface area contributed by atoms with Crippen molar-refractivity contribution in [1.29, 1.82) is 0 Å². The average Bonchev–Trinajstić information content (AvgIpc) is 2.37. The van der Waals surface area contributed by atoms with Crippen molar-refractivity contribution in [3.8, 4) is 0 Å². The molecule has 0 aliphatic rings. The third-order valence-corrected chi connectivity index (χ3v) is 3.75. The normalized spacial score (nSPS) is 13.3. The van der Waals surface area contributed by atoms with Gasteiger partial charge in [-0.05, 0) is 58.0 Å². The Morgan fingerprint density at radius 2 is 1.60 bits per heavy atom. The molecule has 1 unspecified atom stereocenters. The number of aliphatic hydroxyl groups excluding tert-OH is 1. The highest BCUT2D eigenvalue weighted by atomic mass is 127. The minimum absolute atomic E-state index is 0.322. The first-order chi connectivity index (χ1) is 9.29. The number of benzene rings is 2. The van der Waals surface area contributed by atoms with E-state index in [1.54, 1.807) is 0 Å². The van der Waals surface area contributed by atoms with E-state index in [4.69, 9.17) is 0 Å². The molecule has 6 heteroatoms. The van der Waals surface area contributed by atoms with Crippen LogP contribution in [-0.2, 0) is 6.18 Å². The van der Waals surface area contributed by atoms with Gasteiger partial charge in [-0.15, -0.1) is 0 Å². The molecule has 1 atom stereocenters. The predicted octanol–water partition coefficient (Wildman–Crippen LogP) is 4.53. The van der Waals surface area contributed by atoms with Gasteiger partial charge in [-0.3, -0.25) is 0 Å². The summed E-state index contributed by atoms with van der Waals surface area (Å²) in [6.45, 7) is 0. The zero-order chi connectivity index (χ0) is 14.9. The minimum atomic E-state index is -4.41. The zero-order valence-electron chi connectivity index (χ0n) is 9.96. The van der Waals surface area contributed by atoms with Crippen molar-refractivity contribution in [2.75, 3.05) is 0 Å². The molecule has 0 bridgehead atoms. The predicted molar refractivity (Wildman–Crippen MR) is 74.6 cm³/mol. The lowest BCUT2D eigenvalue weighted by molar-refractivity contribution is -0.137. The fourth-order valence-electron chi connectivity index (χ4n) is 1.76. The summed E-state index contributed by atoms with van der Waals surface area (Å²) in [5.74, 6) is -0.433. The van der Waals surface area contributed by atoms with Crippen molar-refractivity contribution in [2.45, 2.75) is 12.3 Å². The first kappa shape index (κ1) is 15.2. The monoisotopic (exact) mass is 396 g/mol. The molecule has 0 heterocycles. The summed E-state index contributed by atoms with van der Waals surface area (Å²) in [6.07, 6.45) is -5.50. The van der Waals surface area contributed by atoms with Crippen LogP contribution in [0.3, 0.4) is 0 Å². The average molecular weight is 396 g/mol. The second kappa shape index (κ2) is 5.69. The molecule has 0 aliphatic heterocycles. The Morgan fingerprint density at radius 1 is 1.00 bits per heavy atom. The largest absolute Gasteiger partial charge is 0.416 e. The molecule has 2 aromatic rings. The van der Waals surface area contributed by atoms with Crippen molar-refractivity contribution in [1.82, 2.24) is 0 Å². The summed E-state index contributed by atoms with van der Waals surface area (Å²) in [5, 5.41) is 10.1. The fraction of sp³-hybridized carbons (Fsp3) is 0.143. The van der Waals surface area contributed by atoms with Crippen molar-refractivity contribution < 1.29 is 22.7 Å².